The Morgan fingerprint density at radius 2 is 2.00 bits per heavy atom. The maximum atomic E-state index is 13.3. The van der Waals surface area contributed by atoms with Gasteiger partial charge in [0.15, 0.2) is 11.6 Å². The summed E-state index contributed by atoms with van der Waals surface area (Å²) >= 11 is 0. The molecule has 3 rings (SSSR count). The summed E-state index contributed by atoms with van der Waals surface area (Å²) < 4.78 is 26.3. The van der Waals surface area contributed by atoms with Crippen LogP contribution in [0.5, 0.6) is 0 Å². The molecule has 2 aromatic carbocycles. The maximum absolute atomic E-state index is 13.3. The quantitative estimate of drug-likeness (QED) is 0.856. The van der Waals surface area contributed by atoms with E-state index in [0.717, 1.165) is 23.4 Å². The predicted octanol–water partition coefficient (Wildman–Crippen LogP) is 3.73. The Bertz CT molecular complexity index is 838. The van der Waals surface area contributed by atoms with Crippen molar-refractivity contribution in [3.63, 3.8) is 0 Å². The van der Waals surface area contributed by atoms with Gasteiger partial charge in [-0.3, -0.25) is 9.59 Å². The minimum absolute atomic E-state index is 0.0786. The number of carbonyl (C=O) groups is 2. The van der Waals surface area contributed by atoms with Gasteiger partial charge in [0.25, 0.3) is 0 Å². The zero-order valence-corrected chi connectivity index (χ0v) is 14.4. The molecule has 0 fully saturated rings. The van der Waals surface area contributed by atoms with Gasteiger partial charge < -0.3 is 10.6 Å². The van der Waals surface area contributed by atoms with E-state index in [0.29, 0.717) is 18.4 Å². The molecule has 1 aliphatic heterocycles. The molecule has 0 spiro atoms. The fraction of sp³-hybridized carbons (Fsp3) is 0.300. The summed E-state index contributed by atoms with van der Waals surface area (Å²) in [6.45, 7) is 1.70. The first-order chi connectivity index (χ1) is 12.4. The number of benzene rings is 2. The number of hydrogen-bond donors (Lipinski definition) is 2. The van der Waals surface area contributed by atoms with Gasteiger partial charge >= 0.3 is 0 Å². The highest BCUT2D eigenvalue weighted by Crippen LogP contribution is 2.27. The smallest absolute Gasteiger partial charge is 0.227 e. The lowest BCUT2D eigenvalue weighted by Gasteiger charge is -2.24. The van der Waals surface area contributed by atoms with Crippen molar-refractivity contribution in [2.75, 3.05) is 5.32 Å². The normalized spacial score (nSPS) is 17.2. The highest BCUT2D eigenvalue weighted by atomic mass is 19.2. The minimum atomic E-state index is -0.943. The van der Waals surface area contributed by atoms with Crippen molar-refractivity contribution in [3.8, 4) is 0 Å². The van der Waals surface area contributed by atoms with Crippen molar-refractivity contribution < 1.29 is 18.4 Å². The van der Waals surface area contributed by atoms with Crippen molar-refractivity contribution in [2.45, 2.75) is 32.2 Å². The third kappa shape index (κ3) is 4.07. The third-order valence-corrected chi connectivity index (χ3v) is 4.65. The van der Waals surface area contributed by atoms with E-state index in [9.17, 15) is 18.4 Å². The van der Waals surface area contributed by atoms with Gasteiger partial charge in [-0.25, -0.2) is 8.78 Å². The van der Waals surface area contributed by atoms with Gasteiger partial charge in [-0.2, -0.15) is 0 Å². The Kier molecular flexibility index (Phi) is 5.30. The molecule has 2 aromatic rings. The standard InChI is InChI=1S/C20H20F2N2O2/c1-12(13-6-8-16(21)17(22)11-13)23-19(25)9-7-15-10-14-4-2-3-5-18(14)24-20(15)26/h2-6,8,11-12,15H,7,9-10H2,1H3,(H,23,25)(H,24,26)/t12-,15-/m1/s1. The lowest BCUT2D eigenvalue weighted by atomic mass is 9.89. The Morgan fingerprint density at radius 3 is 2.77 bits per heavy atom. The van der Waals surface area contributed by atoms with Gasteiger partial charge in [0.2, 0.25) is 11.8 Å². The summed E-state index contributed by atoms with van der Waals surface area (Å²) in [5, 5.41) is 5.62. The van der Waals surface area contributed by atoms with Crippen LogP contribution in [0, 0.1) is 17.6 Å². The summed E-state index contributed by atoms with van der Waals surface area (Å²) in [5.74, 6) is -2.43. The number of rotatable bonds is 5. The van der Waals surface area contributed by atoms with Crippen LogP contribution in [0.25, 0.3) is 0 Å². The molecular weight excluding hydrogens is 338 g/mol. The van der Waals surface area contributed by atoms with E-state index < -0.39 is 17.7 Å². The van der Waals surface area contributed by atoms with E-state index in [4.69, 9.17) is 0 Å². The summed E-state index contributed by atoms with van der Waals surface area (Å²) in [7, 11) is 0. The van der Waals surface area contributed by atoms with E-state index in [-0.39, 0.29) is 24.2 Å². The van der Waals surface area contributed by atoms with Crippen LogP contribution in [0.1, 0.15) is 36.9 Å². The van der Waals surface area contributed by atoms with E-state index in [1.165, 1.54) is 6.07 Å². The lowest BCUT2D eigenvalue weighted by Crippen LogP contribution is -2.32. The van der Waals surface area contributed by atoms with Crippen LogP contribution in [-0.2, 0) is 16.0 Å². The molecule has 0 bridgehead atoms. The second kappa shape index (κ2) is 7.64. The molecule has 2 atom stereocenters. The first kappa shape index (κ1) is 18.0. The van der Waals surface area contributed by atoms with Crippen LogP contribution in [0.15, 0.2) is 42.5 Å². The fourth-order valence-electron chi connectivity index (χ4n) is 3.13. The second-order valence-corrected chi connectivity index (χ2v) is 6.55. The SMILES string of the molecule is C[C@@H](NC(=O)CC[C@@H]1Cc2ccccc2NC1=O)c1ccc(F)c(F)c1. The summed E-state index contributed by atoms with van der Waals surface area (Å²) in [4.78, 5) is 24.3. The molecule has 0 saturated heterocycles. The van der Waals surface area contributed by atoms with Crippen LogP contribution >= 0.6 is 0 Å². The van der Waals surface area contributed by atoms with Gasteiger partial charge in [-0.05, 0) is 49.1 Å². The van der Waals surface area contributed by atoms with E-state index in [1.54, 1.807) is 6.92 Å². The highest BCUT2D eigenvalue weighted by molar-refractivity contribution is 5.96. The van der Waals surface area contributed by atoms with Crippen LogP contribution in [0.2, 0.25) is 0 Å². The average Bonchev–Trinajstić information content (AvgIpc) is 2.62. The Labute approximate surface area is 150 Å². The molecule has 0 saturated carbocycles. The van der Waals surface area contributed by atoms with E-state index in [2.05, 4.69) is 10.6 Å². The number of carbonyl (C=O) groups excluding carboxylic acids is 2. The predicted molar refractivity (Wildman–Crippen MR) is 94.4 cm³/mol. The van der Waals surface area contributed by atoms with Crippen molar-refractivity contribution in [3.05, 3.63) is 65.2 Å². The average molecular weight is 358 g/mol. The third-order valence-electron chi connectivity index (χ3n) is 4.65. The monoisotopic (exact) mass is 358 g/mol. The molecule has 6 heteroatoms. The van der Waals surface area contributed by atoms with Crippen molar-refractivity contribution in [1.82, 2.24) is 5.32 Å². The van der Waals surface area contributed by atoms with Crippen LogP contribution in [-0.4, -0.2) is 11.8 Å². The molecule has 2 amide bonds. The lowest BCUT2D eigenvalue weighted by molar-refractivity contribution is -0.123. The first-order valence-electron chi connectivity index (χ1n) is 8.57. The Morgan fingerprint density at radius 1 is 1.23 bits per heavy atom. The number of halogens is 2. The van der Waals surface area contributed by atoms with Crippen molar-refractivity contribution in [1.29, 1.82) is 0 Å². The zero-order chi connectivity index (χ0) is 18.7. The van der Waals surface area contributed by atoms with Crippen LogP contribution in [0.4, 0.5) is 14.5 Å². The number of nitrogens with one attached hydrogen (secondary N) is 2. The number of hydrogen-bond acceptors (Lipinski definition) is 2. The molecule has 0 aromatic heterocycles. The Hall–Kier alpha value is -2.76. The molecular formula is C20H20F2N2O2. The largest absolute Gasteiger partial charge is 0.350 e. The Balaban J connectivity index is 1.54. The summed E-state index contributed by atoms with van der Waals surface area (Å²) in [5.41, 5.74) is 2.37. The van der Waals surface area contributed by atoms with Crippen LogP contribution < -0.4 is 10.6 Å². The van der Waals surface area contributed by atoms with Crippen LogP contribution in [0.3, 0.4) is 0 Å². The number of amides is 2. The number of para-hydroxylation sites is 1. The number of fused-ring (bicyclic) bond motifs is 1. The molecule has 0 aliphatic carbocycles. The molecule has 136 valence electrons. The summed E-state index contributed by atoms with van der Waals surface area (Å²) in [6.07, 6.45) is 1.22. The topological polar surface area (TPSA) is 58.2 Å². The van der Waals surface area contributed by atoms with Gasteiger partial charge in [0.05, 0.1) is 6.04 Å². The van der Waals surface area contributed by atoms with Gasteiger partial charge in [-0.15, -0.1) is 0 Å². The van der Waals surface area contributed by atoms with E-state index in [1.807, 2.05) is 24.3 Å². The maximum Gasteiger partial charge on any atom is 0.227 e. The molecule has 0 unspecified atom stereocenters. The highest BCUT2D eigenvalue weighted by Gasteiger charge is 2.26. The van der Waals surface area contributed by atoms with Crippen molar-refractivity contribution >= 4 is 17.5 Å². The molecule has 4 nitrogen and oxygen atoms in total. The molecule has 2 N–H and O–H groups in total. The molecule has 0 radical (unpaired) electrons. The van der Waals surface area contributed by atoms with Crippen molar-refractivity contribution in [2.24, 2.45) is 5.92 Å². The number of anilines is 1. The van der Waals surface area contributed by atoms with Gasteiger partial charge in [0.1, 0.15) is 0 Å². The molecule has 1 heterocycles. The second-order valence-electron chi connectivity index (χ2n) is 6.55. The first-order valence-corrected chi connectivity index (χ1v) is 8.57. The van der Waals surface area contributed by atoms with Gasteiger partial charge in [-0.1, -0.05) is 24.3 Å². The van der Waals surface area contributed by atoms with E-state index >= 15 is 0 Å². The summed E-state index contributed by atoms with van der Waals surface area (Å²) in [6, 6.07) is 10.7. The molecule has 1 aliphatic rings. The molecule has 26 heavy (non-hydrogen) atoms. The zero-order valence-electron chi connectivity index (χ0n) is 14.4. The van der Waals surface area contributed by atoms with Gasteiger partial charge in [0, 0.05) is 18.0 Å². The minimum Gasteiger partial charge on any atom is -0.350 e. The fourth-order valence-corrected chi connectivity index (χ4v) is 3.13.